The molecule has 0 heterocycles. The van der Waals surface area contributed by atoms with Crippen LogP contribution in [0.15, 0.2) is 17.1 Å². The van der Waals surface area contributed by atoms with Crippen LogP contribution in [0.3, 0.4) is 0 Å². The average Bonchev–Trinajstić information content (AvgIpc) is 1.99. The maximum atomic E-state index is 10.8. The van der Waals surface area contributed by atoms with Crippen LogP contribution in [0.25, 0.3) is 0 Å². The molecule has 0 aliphatic rings. The van der Waals surface area contributed by atoms with E-state index in [2.05, 4.69) is 10.3 Å². The molecular weight excluding hydrogens is 140 g/mol. The van der Waals surface area contributed by atoms with E-state index < -0.39 is 0 Å². The predicted octanol–water partition coefficient (Wildman–Crippen LogP) is 0.769. The van der Waals surface area contributed by atoms with Crippen molar-refractivity contribution in [3.8, 4) is 0 Å². The van der Waals surface area contributed by atoms with Gasteiger partial charge in [0.2, 0.25) is 5.91 Å². The molecule has 0 rings (SSSR count). The highest BCUT2D eigenvalue weighted by Crippen LogP contribution is 1.72. The molecule has 11 heavy (non-hydrogen) atoms. The van der Waals surface area contributed by atoms with Crippen LogP contribution in [-0.2, 0) is 4.79 Å². The van der Waals surface area contributed by atoms with Crippen molar-refractivity contribution < 1.29 is 4.79 Å². The van der Waals surface area contributed by atoms with Gasteiger partial charge in [0.25, 0.3) is 0 Å². The second-order valence-electron chi connectivity index (χ2n) is 1.96. The molecule has 0 aliphatic heterocycles. The molecule has 0 atom stereocenters. The molecular formula is C8H14N2O. The highest BCUT2D eigenvalue weighted by atomic mass is 16.1. The van der Waals surface area contributed by atoms with E-state index in [1.54, 1.807) is 12.3 Å². The van der Waals surface area contributed by atoms with E-state index in [1.807, 2.05) is 13.8 Å². The molecule has 0 fully saturated rings. The van der Waals surface area contributed by atoms with Gasteiger partial charge in [-0.1, -0.05) is 6.08 Å². The van der Waals surface area contributed by atoms with E-state index in [0.29, 0.717) is 13.1 Å². The van der Waals surface area contributed by atoms with Crippen LogP contribution < -0.4 is 5.32 Å². The lowest BCUT2D eigenvalue weighted by Crippen LogP contribution is -2.23. The number of carbonyl (C=O) groups is 1. The number of hydrogen-bond donors (Lipinski definition) is 1. The van der Waals surface area contributed by atoms with E-state index >= 15 is 0 Å². The first-order valence-corrected chi connectivity index (χ1v) is 3.66. The van der Waals surface area contributed by atoms with Crippen molar-refractivity contribution in [2.75, 3.05) is 13.1 Å². The Morgan fingerprint density at radius 1 is 1.55 bits per heavy atom. The smallest absolute Gasteiger partial charge is 0.243 e. The van der Waals surface area contributed by atoms with Crippen LogP contribution in [0.1, 0.15) is 13.8 Å². The molecule has 1 amide bonds. The van der Waals surface area contributed by atoms with Gasteiger partial charge in [0, 0.05) is 6.54 Å². The van der Waals surface area contributed by atoms with Crippen molar-refractivity contribution in [2.45, 2.75) is 13.8 Å². The van der Waals surface area contributed by atoms with Crippen LogP contribution in [0, 0.1) is 0 Å². The number of nitrogens with zero attached hydrogens (tertiary/aromatic N) is 1. The molecule has 3 heteroatoms. The van der Waals surface area contributed by atoms with Crippen LogP contribution in [0.5, 0.6) is 0 Å². The summed E-state index contributed by atoms with van der Waals surface area (Å²) in [6, 6.07) is 0. The number of allylic oxidation sites excluding steroid dienone is 1. The minimum absolute atomic E-state index is 0.0567. The zero-order valence-corrected chi connectivity index (χ0v) is 7.00. The van der Waals surface area contributed by atoms with Crippen molar-refractivity contribution in [3.63, 3.8) is 0 Å². The Hall–Kier alpha value is -1.12. The van der Waals surface area contributed by atoms with E-state index in [9.17, 15) is 4.79 Å². The third-order valence-corrected chi connectivity index (χ3v) is 1.04. The standard InChI is InChI=1S/C8H14N2O/c1-3-5-8(11)10-7-6-9-4-2/h3-5H,6-7H2,1-2H3,(H,10,11). The Morgan fingerprint density at radius 3 is 2.82 bits per heavy atom. The fourth-order valence-electron chi connectivity index (χ4n) is 0.583. The van der Waals surface area contributed by atoms with Crippen molar-refractivity contribution in [1.82, 2.24) is 5.32 Å². The van der Waals surface area contributed by atoms with Gasteiger partial charge in [-0.2, -0.15) is 0 Å². The summed E-state index contributed by atoms with van der Waals surface area (Å²) in [6.07, 6.45) is 4.93. The second kappa shape index (κ2) is 6.99. The van der Waals surface area contributed by atoms with Crippen LogP contribution in [-0.4, -0.2) is 25.2 Å². The van der Waals surface area contributed by atoms with Gasteiger partial charge in [0.1, 0.15) is 0 Å². The van der Waals surface area contributed by atoms with E-state index in [0.717, 1.165) is 0 Å². The van der Waals surface area contributed by atoms with Crippen LogP contribution >= 0.6 is 0 Å². The second-order valence-corrected chi connectivity index (χ2v) is 1.96. The van der Waals surface area contributed by atoms with Crippen LogP contribution in [0.2, 0.25) is 0 Å². The molecule has 3 nitrogen and oxygen atoms in total. The number of carbonyl (C=O) groups excluding carboxylic acids is 1. The summed E-state index contributed by atoms with van der Waals surface area (Å²) in [7, 11) is 0. The molecule has 0 aliphatic carbocycles. The molecule has 0 saturated carbocycles. The summed E-state index contributed by atoms with van der Waals surface area (Å²) in [6.45, 7) is 4.92. The highest BCUT2D eigenvalue weighted by molar-refractivity contribution is 5.87. The lowest BCUT2D eigenvalue weighted by Gasteiger charge is -1.96. The van der Waals surface area contributed by atoms with Crippen molar-refractivity contribution in [2.24, 2.45) is 4.99 Å². The largest absolute Gasteiger partial charge is 0.351 e. The molecule has 0 saturated heterocycles. The van der Waals surface area contributed by atoms with Gasteiger partial charge in [-0.25, -0.2) is 0 Å². The molecule has 0 aromatic carbocycles. The third kappa shape index (κ3) is 6.77. The summed E-state index contributed by atoms with van der Waals surface area (Å²) in [5.74, 6) is -0.0567. The average molecular weight is 154 g/mol. The SMILES string of the molecule is CC=CC(=O)NCCN=CC. The minimum Gasteiger partial charge on any atom is -0.351 e. The summed E-state index contributed by atoms with van der Waals surface area (Å²) >= 11 is 0. The van der Waals surface area contributed by atoms with Crippen molar-refractivity contribution in [3.05, 3.63) is 12.2 Å². The van der Waals surface area contributed by atoms with Crippen molar-refractivity contribution in [1.29, 1.82) is 0 Å². The van der Waals surface area contributed by atoms with Gasteiger partial charge in [0.05, 0.1) is 6.54 Å². The maximum Gasteiger partial charge on any atom is 0.243 e. The predicted molar refractivity (Wildman–Crippen MR) is 46.9 cm³/mol. The first-order chi connectivity index (χ1) is 5.31. The molecule has 0 aromatic heterocycles. The molecule has 0 spiro atoms. The van der Waals surface area contributed by atoms with Gasteiger partial charge in [-0.05, 0) is 26.1 Å². The monoisotopic (exact) mass is 154 g/mol. The summed E-state index contributed by atoms with van der Waals surface area (Å²) in [4.78, 5) is 14.7. The lowest BCUT2D eigenvalue weighted by molar-refractivity contribution is -0.116. The zero-order valence-electron chi connectivity index (χ0n) is 7.00. The number of rotatable bonds is 4. The molecule has 0 unspecified atom stereocenters. The maximum absolute atomic E-state index is 10.8. The van der Waals surface area contributed by atoms with Gasteiger partial charge in [-0.3, -0.25) is 9.79 Å². The fourth-order valence-corrected chi connectivity index (χ4v) is 0.583. The Kier molecular flexibility index (Phi) is 6.28. The Morgan fingerprint density at radius 2 is 2.27 bits per heavy atom. The Balaban J connectivity index is 3.31. The normalized spacial score (nSPS) is 11.1. The number of aliphatic imine (C=N–C) groups is 1. The highest BCUT2D eigenvalue weighted by Gasteiger charge is 1.89. The van der Waals surface area contributed by atoms with Crippen LogP contribution in [0.4, 0.5) is 0 Å². The molecule has 1 N–H and O–H groups in total. The summed E-state index contributed by atoms with van der Waals surface area (Å²) < 4.78 is 0. The van der Waals surface area contributed by atoms with E-state index in [1.165, 1.54) is 6.08 Å². The van der Waals surface area contributed by atoms with Gasteiger partial charge >= 0.3 is 0 Å². The molecule has 62 valence electrons. The third-order valence-electron chi connectivity index (χ3n) is 1.04. The van der Waals surface area contributed by atoms with E-state index in [4.69, 9.17) is 0 Å². The Bertz CT molecular complexity index is 161. The molecule has 0 radical (unpaired) electrons. The lowest BCUT2D eigenvalue weighted by atomic mass is 10.5. The number of amides is 1. The summed E-state index contributed by atoms with van der Waals surface area (Å²) in [5.41, 5.74) is 0. The Labute approximate surface area is 67.2 Å². The number of hydrogen-bond acceptors (Lipinski definition) is 2. The summed E-state index contributed by atoms with van der Waals surface area (Å²) in [5, 5.41) is 2.68. The molecule has 0 bridgehead atoms. The first-order valence-electron chi connectivity index (χ1n) is 3.66. The first kappa shape index (κ1) is 9.88. The van der Waals surface area contributed by atoms with Gasteiger partial charge in [0.15, 0.2) is 0 Å². The van der Waals surface area contributed by atoms with Crippen molar-refractivity contribution >= 4 is 12.1 Å². The number of nitrogens with one attached hydrogen (secondary N) is 1. The quantitative estimate of drug-likeness (QED) is 0.362. The zero-order chi connectivity index (χ0) is 8.53. The van der Waals surface area contributed by atoms with Gasteiger partial charge < -0.3 is 5.32 Å². The fraction of sp³-hybridized carbons (Fsp3) is 0.500. The minimum atomic E-state index is -0.0567. The molecule has 0 aromatic rings. The topological polar surface area (TPSA) is 41.5 Å². The van der Waals surface area contributed by atoms with Gasteiger partial charge in [-0.15, -0.1) is 0 Å². The van der Waals surface area contributed by atoms with E-state index in [-0.39, 0.29) is 5.91 Å².